The molecule has 0 spiro atoms. The molecule has 1 aromatic carbocycles. The van der Waals surface area contributed by atoms with Crippen molar-refractivity contribution in [2.45, 2.75) is 75.6 Å². The molecule has 0 radical (unpaired) electrons. The first-order valence-corrected chi connectivity index (χ1v) is 13.7. The van der Waals surface area contributed by atoms with E-state index in [1.165, 1.54) is 18.3 Å². The summed E-state index contributed by atoms with van der Waals surface area (Å²) in [5.74, 6) is 0.347. The number of piperidine rings is 1. The number of hydrogen-bond acceptors (Lipinski definition) is 7. The maximum atomic E-state index is 13.1. The number of aromatic nitrogens is 3. The Hall–Kier alpha value is -4.06. The van der Waals surface area contributed by atoms with Crippen molar-refractivity contribution < 1.29 is 37.1 Å². The van der Waals surface area contributed by atoms with E-state index in [4.69, 9.17) is 14.4 Å². The van der Waals surface area contributed by atoms with Gasteiger partial charge < -0.3 is 24.0 Å². The van der Waals surface area contributed by atoms with Crippen molar-refractivity contribution in [1.82, 2.24) is 14.8 Å². The van der Waals surface area contributed by atoms with E-state index in [0.29, 0.717) is 17.0 Å². The number of hydrogen-bond donors (Lipinski definition) is 1. The van der Waals surface area contributed by atoms with Gasteiger partial charge in [-0.2, -0.15) is 5.10 Å². The number of alkyl halides is 3. The number of carboxylic acid groups (broad SMARTS) is 1. The molecule has 214 valence electrons. The van der Waals surface area contributed by atoms with Gasteiger partial charge in [-0.15, -0.1) is 13.2 Å². The highest BCUT2D eigenvalue weighted by Crippen LogP contribution is 2.46. The standard InChI is InChI=1S/C29H27F3N4O5/c30-29(31,32)40-24-4-2-1-3-22(24)26-23(27(41-34-26)16-5-6-16)15-39-21-12-19-7-8-20(13-21)36(19)25-10-9-18-11-17(28(37)38)14-35(18)33-25/h1-4,9-11,14,16,19-21H,5-8,12-13,15H2,(H,37,38)/t19-,20?,21?/m0/s1. The third-order valence-electron chi connectivity index (χ3n) is 8.24. The Balaban J connectivity index is 1.09. The lowest BCUT2D eigenvalue weighted by Gasteiger charge is -2.39. The average molecular weight is 569 g/mol. The highest BCUT2D eigenvalue weighted by molar-refractivity contribution is 5.89. The number of anilines is 1. The molecule has 3 aliphatic rings. The van der Waals surface area contributed by atoms with Crippen LogP contribution in [0.1, 0.15) is 66.1 Å². The summed E-state index contributed by atoms with van der Waals surface area (Å²) in [5.41, 5.74) is 2.11. The molecular formula is C29H27F3N4O5. The lowest BCUT2D eigenvalue weighted by atomic mass is 9.99. The number of rotatable bonds is 8. The molecule has 4 aromatic rings. The van der Waals surface area contributed by atoms with Crippen LogP contribution in [0.3, 0.4) is 0 Å². The summed E-state index contributed by atoms with van der Waals surface area (Å²) in [6.45, 7) is 0.181. The van der Waals surface area contributed by atoms with Crippen LogP contribution < -0.4 is 9.64 Å². The Labute approximate surface area is 232 Å². The largest absolute Gasteiger partial charge is 0.573 e. The predicted octanol–water partition coefficient (Wildman–Crippen LogP) is 6.18. The Bertz CT molecular complexity index is 1600. The Morgan fingerprint density at radius 3 is 2.54 bits per heavy atom. The molecular weight excluding hydrogens is 541 g/mol. The number of benzene rings is 1. The number of aromatic carboxylic acids is 1. The summed E-state index contributed by atoms with van der Waals surface area (Å²) >= 11 is 0. The lowest BCUT2D eigenvalue weighted by Crippen LogP contribution is -2.46. The van der Waals surface area contributed by atoms with Crippen LogP contribution in [0.4, 0.5) is 19.0 Å². The van der Waals surface area contributed by atoms with E-state index in [1.54, 1.807) is 22.7 Å². The van der Waals surface area contributed by atoms with Crippen LogP contribution in [0.15, 0.2) is 53.2 Å². The first-order chi connectivity index (χ1) is 19.7. The van der Waals surface area contributed by atoms with Crippen LogP contribution in [0.5, 0.6) is 5.75 Å². The van der Waals surface area contributed by atoms with Crippen molar-refractivity contribution in [3.8, 4) is 17.0 Å². The Kier molecular flexibility index (Phi) is 6.18. The molecule has 3 aromatic heterocycles. The van der Waals surface area contributed by atoms with Gasteiger partial charge in [0, 0.05) is 35.3 Å². The van der Waals surface area contributed by atoms with Crippen molar-refractivity contribution >= 4 is 17.3 Å². The molecule has 1 aliphatic carbocycles. The zero-order valence-electron chi connectivity index (χ0n) is 21.9. The number of para-hydroxylation sites is 1. The molecule has 7 rings (SSSR count). The van der Waals surface area contributed by atoms with E-state index in [9.17, 15) is 23.1 Å². The minimum atomic E-state index is -4.83. The maximum absolute atomic E-state index is 13.1. The molecule has 12 heteroatoms. The molecule has 41 heavy (non-hydrogen) atoms. The topological polar surface area (TPSA) is 102 Å². The smallest absolute Gasteiger partial charge is 0.478 e. The van der Waals surface area contributed by atoms with Gasteiger partial charge in [0.1, 0.15) is 23.0 Å². The Morgan fingerprint density at radius 1 is 1.07 bits per heavy atom. The fourth-order valence-electron chi connectivity index (χ4n) is 6.29. The van der Waals surface area contributed by atoms with Crippen molar-refractivity contribution in [2.75, 3.05) is 4.90 Å². The van der Waals surface area contributed by atoms with Gasteiger partial charge in [0.15, 0.2) is 0 Å². The second kappa shape index (κ2) is 9.79. The first kappa shape index (κ1) is 25.9. The summed E-state index contributed by atoms with van der Waals surface area (Å²) in [4.78, 5) is 13.7. The number of ether oxygens (including phenoxy) is 2. The monoisotopic (exact) mass is 568 g/mol. The third-order valence-corrected chi connectivity index (χ3v) is 8.24. The predicted molar refractivity (Wildman–Crippen MR) is 140 cm³/mol. The van der Waals surface area contributed by atoms with E-state index < -0.39 is 12.3 Å². The van der Waals surface area contributed by atoms with Crippen molar-refractivity contribution in [3.63, 3.8) is 0 Å². The lowest BCUT2D eigenvalue weighted by molar-refractivity contribution is -0.274. The molecule has 2 aliphatic heterocycles. The number of fused-ring (bicyclic) bond motifs is 3. The van der Waals surface area contributed by atoms with Crippen LogP contribution >= 0.6 is 0 Å². The second-order valence-electron chi connectivity index (χ2n) is 11.0. The third kappa shape index (κ3) is 5.01. The minimum absolute atomic E-state index is 0.0471. The average Bonchev–Trinajstić information content (AvgIpc) is 3.44. The molecule has 3 atom stereocenters. The van der Waals surface area contributed by atoms with Crippen molar-refractivity contribution in [2.24, 2.45) is 0 Å². The molecule has 2 unspecified atom stereocenters. The van der Waals surface area contributed by atoms with E-state index in [1.807, 2.05) is 12.1 Å². The Morgan fingerprint density at radius 2 is 1.83 bits per heavy atom. The molecule has 3 fully saturated rings. The van der Waals surface area contributed by atoms with Gasteiger partial charge in [0.25, 0.3) is 0 Å². The highest BCUT2D eigenvalue weighted by Gasteiger charge is 2.43. The van der Waals surface area contributed by atoms with Gasteiger partial charge in [-0.05, 0) is 68.9 Å². The summed E-state index contributed by atoms with van der Waals surface area (Å²) in [6.07, 6.45) is 2.05. The molecule has 5 heterocycles. The summed E-state index contributed by atoms with van der Waals surface area (Å²) in [6, 6.07) is 11.8. The maximum Gasteiger partial charge on any atom is 0.573 e. The first-order valence-electron chi connectivity index (χ1n) is 13.7. The van der Waals surface area contributed by atoms with Crippen molar-refractivity contribution in [3.05, 3.63) is 65.5 Å². The van der Waals surface area contributed by atoms with Gasteiger partial charge in [-0.1, -0.05) is 17.3 Å². The van der Waals surface area contributed by atoms with Crippen LogP contribution in [0.25, 0.3) is 16.8 Å². The SMILES string of the molecule is O=C(O)c1cc2ccc(N3C4CC[C@H]3CC(OCc3c(-c5ccccc5OC(F)(F)F)noc3C3CC3)C4)nn2c1. The van der Waals surface area contributed by atoms with Gasteiger partial charge in [0.05, 0.1) is 23.8 Å². The molecule has 2 saturated heterocycles. The van der Waals surface area contributed by atoms with Crippen LogP contribution in [-0.4, -0.2) is 50.4 Å². The number of nitrogens with zero attached hydrogens (tertiary/aromatic N) is 4. The van der Waals surface area contributed by atoms with E-state index >= 15 is 0 Å². The second-order valence-corrected chi connectivity index (χ2v) is 11.0. The van der Waals surface area contributed by atoms with Gasteiger partial charge in [-0.25, -0.2) is 9.31 Å². The molecule has 1 saturated carbocycles. The van der Waals surface area contributed by atoms with Gasteiger partial charge >= 0.3 is 12.3 Å². The number of carboxylic acids is 1. The van der Waals surface area contributed by atoms with E-state index in [0.717, 1.165) is 49.9 Å². The van der Waals surface area contributed by atoms with Crippen molar-refractivity contribution in [1.29, 1.82) is 0 Å². The quantitative estimate of drug-likeness (QED) is 0.269. The van der Waals surface area contributed by atoms with Gasteiger partial charge in [0.2, 0.25) is 0 Å². The zero-order chi connectivity index (χ0) is 28.3. The summed E-state index contributed by atoms with van der Waals surface area (Å²) < 4.78 is 57.3. The van der Waals surface area contributed by atoms with E-state index in [2.05, 4.69) is 14.8 Å². The summed E-state index contributed by atoms with van der Waals surface area (Å²) in [5, 5.41) is 18.2. The van der Waals surface area contributed by atoms with Gasteiger partial charge in [-0.3, -0.25) is 0 Å². The van der Waals surface area contributed by atoms with Crippen LogP contribution in [0.2, 0.25) is 0 Å². The molecule has 9 nitrogen and oxygen atoms in total. The molecule has 1 N–H and O–H groups in total. The molecule has 0 amide bonds. The number of carbonyl (C=O) groups is 1. The highest BCUT2D eigenvalue weighted by atomic mass is 19.4. The fraction of sp³-hybridized carbons (Fsp3) is 0.414. The van der Waals surface area contributed by atoms with E-state index in [-0.39, 0.29) is 47.6 Å². The molecule has 2 bridgehead atoms. The zero-order valence-corrected chi connectivity index (χ0v) is 21.9. The normalized spacial score (nSPS) is 22.4. The summed E-state index contributed by atoms with van der Waals surface area (Å²) in [7, 11) is 0. The van der Waals surface area contributed by atoms with Crippen LogP contribution in [-0.2, 0) is 11.3 Å². The van der Waals surface area contributed by atoms with Crippen LogP contribution in [0, 0.1) is 0 Å². The fourth-order valence-corrected chi connectivity index (χ4v) is 6.29. The minimum Gasteiger partial charge on any atom is -0.478 e. The number of halogens is 3.